The Labute approximate surface area is 113 Å². The molecule has 1 heterocycles. The van der Waals surface area contributed by atoms with Crippen molar-refractivity contribution in [3.8, 4) is 0 Å². The summed E-state index contributed by atoms with van der Waals surface area (Å²) >= 11 is 5.75. The molecule has 100 valence electrons. The lowest BCUT2D eigenvalue weighted by Crippen LogP contribution is -2.15. The first-order valence-electron chi connectivity index (χ1n) is 4.99. The second-order valence-corrected chi connectivity index (χ2v) is 5.57. The van der Waals surface area contributed by atoms with Crippen molar-refractivity contribution in [2.75, 3.05) is 4.72 Å². The Morgan fingerprint density at radius 1 is 1.11 bits per heavy atom. The third-order valence-electron chi connectivity index (χ3n) is 2.19. The summed E-state index contributed by atoms with van der Waals surface area (Å²) in [5.74, 6) is -2.30. The fraction of sp³-hybridized carbons (Fsp3) is 0. The van der Waals surface area contributed by atoms with Gasteiger partial charge in [0, 0.05) is 0 Å². The molecule has 0 radical (unpaired) electrons. The van der Waals surface area contributed by atoms with Crippen LogP contribution in [-0.2, 0) is 10.0 Å². The molecule has 1 aromatic heterocycles. The monoisotopic (exact) mass is 304 g/mol. The molecule has 0 spiro atoms. The Kier molecular flexibility index (Phi) is 3.68. The smallest absolute Gasteiger partial charge is 0.263 e. The molecule has 2 aromatic rings. The van der Waals surface area contributed by atoms with Crippen molar-refractivity contribution < 1.29 is 17.2 Å². The summed E-state index contributed by atoms with van der Waals surface area (Å²) in [7, 11) is -4.06. The van der Waals surface area contributed by atoms with Gasteiger partial charge in [-0.3, -0.25) is 4.72 Å². The molecule has 0 amide bonds. The Bertz CT molecular complexity index is 722. The summed E-state index contributed by atoms with van der Waals surface area (Å²) in [5.41, 5.74) is -0.457. The van der Waals surface area contributed by atoms with Gasteiger partial charge in [-0.15, -0.1) is 0 Å². The Morgan fingerprint density at radius 2 is 1.79 bits per heavy atom. The molecule has 0 atom stereocenters. The van der Waals surface area contributed by atoms with Crippen molar-refractivity contribution in [1.82, 2.24) is 4.98 Å². The summed E-state index contributed by atoms with van der Waals surface area (Å²) in [6.07, 6.45) is 0. The van der Waals surface area contributed by atoms with E-state index in [0.717, 1.165) is 12.1 Å². The van der Waals surface area contributed by atoms with E-state index in [-0.39, 0.29) is 9.92 Å². The molecular weight excluding hydrogens is 298 g/mol. The first kappa shape index (κ1) is 13.7. The Balaban J connectivity index is 2.40. The second-order valence-electron chi connectivity index (χ2n) is 3.51. The van der Waals surface area contributed by atoms with Gasteiger partial charge in [-0.05, 0) is 24.3 Å². The number of hydrogen-bond acceptors (Lipinski definition) is 3. The largest absolute Gasteiger partial charge is 0.275 e. The van der Waals surface area contributed by atoms with Gasteiger partial charge in [0.25, 0.3) is 10.0 Å². The number of pyridine rings is 1. The molecule has 8 heteroatoms. The van der Waals surface area contributed by atoms with E-state index in [1.54, 1.807) is 6.07 Å². The minimum atomic E-state index is -4.06. The number of nitrogens with zero attached hydrogens (tertiary/aromatic N) is 1. The highest BCUT2D eigenvalue weighted by atomic mass is 35.5. The summed E-state index contributed by atoms with van der Waals surface area (Å²) in [5, 5.41) is -0.00882. The zero-order chi connectivity index (χ0) is 14.0. The molecule has 0 aliphatic carbocycles. The number of benzene rings is 1. The second kappa shape index (κ2) is 5.10. The normalized spacial score (nSPS) is 11.3. The highest BCUT2D eigenvalue weighted by Crippen LogP contribution is 2.24. The maximum atomic E-state index is 13.3. The summed E-state index contributed by atoms with van der Waals surface area (Å²) < 4.78 is 51.8. The van der Waals surface area contributed by atoms with E-state index in [1.165, 1.54) is 18.2 Å². The third-order valence-corrected chi connectivity index (χ3v) is 4.05. The van der Waals surface area contributed by atoms with Crippen LogP contribution in [-0.4, -0.2) is 13.4 Å². The number of nitrogens with one attached hydrogen (secondary N) is 1. The average molecular weight is 305 g/mol. The molecule has 19 heavy (non-hydrogen) atoms. The maximum absolute atomic E-state index is 13.3. The van der Waals surface area contributed by atoms with Crippen LogP contribution in [0.15, 0.2) is 41.3 Å². The molecular formula is C11H7ClF2N2O2S. The fourth-order valence-corrected chi connectivity index (χ4v) is 2.93. The summed E-state index contributed by atoms with van der Waals surface area (Å²) in [4.78, 5) is 2.67. The predicted octanol–water partition coefficient (Wildman–Crippen LogP) is 2.81. The minimum Gasteiger partial charge on any atom is -0.275 e. The van der Waals surface area contributed by atoms with Crippen molar-refractivity contribution >= 4 is 27.3 Å². The number of sulfonamides is 1. The van der Waals surface area contributed by atoms with Crippen LogP contribution in [0.4, 0.5) is 14.5 Å². The van der Waals surface area contributed by atoms with Gasteiger partial charge in [-0.2, -0.15) is 13.8 Å². The van der Waals surface area contributed by atoms with E-state index < -0.39 is 27.6 Å². The molecule has 4 nitrogen and oxygen atoms in total. The fourth-order valence-electron chi connectivity index (χ4n) is 1.35. The van der Waals surface area contributed by atoms with Crippen molar-refractivity contribution in [2.45, 2.75) is 4.90 Å². The first-order chi connectivity index (χ1) is 8.90. The maximum Gasteiger partial charge on any atom is 0.263 e. The molecule has 0 saturated heterocycles. The summed E-state index contributed by atoms with van der Waals surface area (Å²) in [6, 6.07) is 7.45. The number of aromatic nitrogens is 1. The van der Waals surface area contributed by atoms with Crippen LogP contribution in [0, 0.1) is 11.9 Å². The van der Waals surface area contributed by atoms with E-state index in [9.17, 15) is 17.2 Å². The molecule has 0 saturated carbocycles. The van der Waals surface area contributed by atoms with Gasteiger partial charge >= 0.3 is 0 Å². The average Bonchev–Trinajstić information content (AvgIpc) is 2.33. The van der Waals surface area contributed by atoms with E-state index in [0.29, 0.717) is 0 Å². The van der Waals surface area contributed by atoms with Crippen LogP contribution in [0.25, 0.3) is 0 Å². The number of halogens is 3. The van der Waals surface area contributed by atoms with Gasteiger partial charge in [0.2, 0.25) is 11.9 Å². The van der Waals surface area contributed by atoms with Crippen molar-refractivity contribution in [3.63, 3.8) is 0 Å². The Morgan fingerprint density at radius 3 is 2.42 bits per heavy atom. The van der Waals surface area contributed by atoms with E-state index in [4.69, 9.17) is 11.6 Å². The van der Waals surface area contributed by atoms with Crippen LogP contribution in [0.3, 0.4) is 0 Å². The van der Waals surface area contributed by atoms with Crippen LogP contribution < -0.4 is 4.72 Å². The topological polar surface area (TPSA) is 59.1 Å². The molecule has 0 aliphatic rings. The zero-order valence-corrected chi connectivity index (χ0v) is 10.8. The lowest BCUT2D eigenvalue weighted by molar-refractivity contribution is 0.515. The molecule has 1 aromatic carbocycles. The van der Waals surface area contributed by atoms with Crippen molar-refractivity contribution in [1.29, 1.82) is 0 Å². The van der Waals surface area contributed by atoms with Crippen LogP contribution in [0.2, 0.25) is 5.02 Å². The standard InChI is InChI=1S/C11H7ClF2N2O2S/c12-7-3-1-2-4-9(7)19(17,18)16-8-5-6-10(13)15-11(8)14/h1-6,16H. The van der Waals surface area contributed by atoms with Gasteiger partial charge in [0.15, 0.2) is 0 Å². The lowest BCUT2D eigenvalue weighted by Gasteiger charge is -2.09. The van der Waals surface area contributed by atoms with Gasteiger partial charge < -0.3 is 0 Å². The highest BCUT2D eigenvalue weighted by Gasteiger charge is 2.19. The molecule has 0 fully saturated rings. The van der Waals surface area contributed by atoms with Crippen molar-refractivity contribution in [3.05, 3.63) is 53.3 Å². The van der Waals surface area contributed by atoms with Crippen LogP contribution in [0.5, 0.6) is 0 Å². The number of hydrogen-bond donors (Lipinski definition) is 1. The Hall–Kier alpha value is -1.73. The van der Waals surface area contributed by atoms with Gasteiger partial charge in [-0.25, -0.2) is 8.42 Å². The van der Waals surface area contributed by atoms with E-state index >= 15 is 0 Å². The molecule has 0 bridgehead atoms. The van der Waals surface area contributed by atoms with Gasteiger partial charge in [0.05, 0.1) is 5.02 Å². The SMILES string of the molecule is O=S(=O)(Nc1ccc(F)nc1F)c1ccccc1Cl. The third kappa shape index (κ3) is 2.99. The van der Waals surface area contributed by atoms with Crippen LogP contribution in [0.1, 0.15) is 0 Å². The van der Waals surface area contributed by atoms with Gasteiger partial charge in [-0.1, -0.05) is 23.7 Å². The molecule has 1 N–H and O–H groups in total. The number of anilines is 1. The molecule has 0 aliphatic heterocycles. The minimum absolute atomic E-state index is 0.00882. The van der Waals surface area contributed by atoms with E-state index in [1.807, 2.05) is 4.72 Å². The first-order valence-corrected chi connectivity index (χ1v) is 6.85. The molecule has 0 unspecified atom stereocenters. The van der Waals surface area contributed by atoms with Gasteiger partial charge in [0.1, 0.15) is 10.6 Å². The number of rotatable bonds is 3. The van der Waals surface area contributed by atoms with Crippen LogP contribution >= 0.6 is 11.6 Å². The van der Waals surface area contributed by atoms with E-state index in [2.05, 4.69) is 4.98 Å². The highest BCUT2D eigenvalue weighted by molar-refractivity contribution is 7.92. The quantitative estimate of drug-likeness (QED) is 0.887. The lowest BCUT2D eigenvalue weighted by atomic mass is 10.4. The van der Waals surface area contributed by atoms with Crippen molar-refractivity contribution in [2.24, 2.45) is 0 Å². The molecule has 2 rings (SSSR count). The predicted molar refractivity (Wildman–Crippen MR) is 66.4 cm³/mol. The zero-order valence-electron chi connectivity index (χ0n) is 9.27. The summed E-state index contributed by atoms with van der Waals surface area (Å²) in [6.45, 7) is 0.